The molecular weight excluding hydrogens is 260 g/mol. The van der Waals surface area contributed by atoms with E-state index >= 15 is 0 Å². The van der Waals surface area contributed by atoms with Crippen molar-refractivity contribution in [1.29, 1.82) is 0 Å². The van der Waals surface area contributed by atoms with Crippen LogP contribution in [0.3, 0.4) is 0 Å². The van der Waals surface area contributed by atoms with Gasteiger partial charge in [0, 0.05) is 17.0 Å². The normalized spacial score (nSPS) is 13.0. The van der Waals surface area contributed by atoms with Gasteiger partial charge in [0.15, 0.2) is 0 Å². The second kappa shape index (κ2) is 7.43. The van der Waals surface area contributed by atoms with Crippen LogP contribution in [0.5, 0.6) is 5.75 Å². The molecule has 0 heterocycles. The number of nitrogens with zero attached hydrogens (tertiary/aromatic N) is 1. The number of nitrogens with one attached hydrogen (secondary N) is 1. The smallest absolute Gasteiger partial charge is 0.128 e. The van der Waals surface area contributed by atoms with Crippen LogP contribution in [0.2, 0.25) is 0 Å². The number of phenolic OH excluding ortho intramolecular Hbond substituents is 1. The summed E-state index contributed by atoms with van der Waals surface area (Å²) >= 11 is 0. The summed E-state index contributed by atoms with van der Waals surface area (Å²) in [5.74, 6) is 0.404. The first kappa shape index (κ1) is 15.8. The van der Waals surface area contributed by atoms with Crippen LogP contribution in [0.4, 0.5) is 0 Å². The van der Waals surface area contributed by atoms with Gasteiger partial charge < -0.3 is 15.3 Å². The van der Waals surface area contributed by atoms with E-state index in [0.717, 1.165) is 35.8 Å². The lowest BCUT2D eigenvalue weighted by atomic mass is 10.0. The molecule has 1 unspecified atom stereocenters. The van der Waals surface area contributed by atoms with Crippen molar-refractivity contribution in [2.45, 2.75) is 25.8 Å². The molecule has 3 nitrogen and oxygen atoms in total. The van der Waals surface area contributed by atoms with E-state index in [4.69, 9.17) is 0 Å². The van der Waals surface area contributed by atoms with Crippen molar-refractivity contribution >= 4 is 10.8 Å². The quantitative estimate of drug-likeness (QED) is 0.764. The maximum Gasteiger partial charge on any atom is 0.128 e. The van der Waals surface area contributed by atoms with Gasteiger partial charge in [-0.1, -0.05) is 36.4 Å². The van der Waals surface area contributed by atoms with Crippen LogP contribution in [0.25, 0.3) is 10.8 Å². The summed E-state index contributed by atoms with van der Waals surface area (Å²) in [7, 11) is 4.20. The van der Waals surface area contributed by atoms with Crippen molar-refractivity contribution in [3.8, 4) is 5.75 Å². The molecule has 0 radical (unpaired) electrons. The van der Waals surface area contributed by atoms with Gasteiger partial charge in [0.2, 0.25) is 0 Å². The van der Waals surface area contributed by atoms with Gasteiger partial charge >= 0.3 is 0 Å². The van der Waals surface area contributed by atoms with Gasteiger partial charge in [-0.3, -0.25) is 0 Å². The van der Waals surface area contributed by atoms with E-state index in [1.54, 1.807) is 0 Å². The molecule has 21 heavy (non-hydrogen) atoms. The zero-order valence-electron chi connectivity index (χ0n) is 13.3. The number of rotatable bonds is 7. The summed E-state index contributed by atoms with van der Waals surface area (Å²) in [4.78, 5) is 2.21. The van der Waals surface area contributed by atoms with E-state index in [1.807, 2.05) is 30.3 Å². The Hall–Kier alpha value is -1.58. The topological polar surface area (TPSA) is 35.5 Å². The molecule has 0 bridgehead atoms. The number of unbranched alkanes of at least 4 members (excludes halogenated alkanes) is 1. The highest BCUT2D eigenvalue weighted by atomic mass is 16.3. The van der Waals surface area contributed by atoms with Gasteiger partial charge in [0.1, 0.15) is 5.75 Å². The Kier molecular flexibility index (Phi) is 5.59. The number of phenols is 1. The minimum absolute atomic E-state index is 0.161. The third-order valence-electron chi connectivity index (χ3n) is 3.88. The van der Waals surface area contributed by atoms with E-state index in [9.17, 15) is 5.11 Å². The van der Waals surface area contributed by atoms with Gasteiger partial charge in [-0.2, -0.15) is 0 Å². The minimum Gasteiger partial charge on any atom is -0.507 e. The van der Waals surface area contributed by atoms with Crippen LogP contribution in [0, 0.1) is 0 Å². The Bertz CT molecular complexity index is 580. The highest BCUT2D eigenvalue weighted by Gasteiger charge is 2.12. The predicted octanol–water partition coefficient (Wildman–Crippen LogP) is 3.54. The summed E-state index contributed by atoms with van der Waals surface area (Å²) in [6, 6.07) is 12.2. The molecule has 0 aliphatic carbocycles. The molecule has 0 aliphatic rings. The van der Waals surface area contributed by atoms with Crippen molar-refractivity contribution < 1.29 is 5.11 Å². The van der Waals surface area contributed by atoms with Crippen molar-refractivity contribution in [3.63, 3.8) is 0 Å². The molecule has 3 heteroatoms. The zero-order chi connectivity index (χ0) is 15.2. The van der Waals surface area contributed by atoms with E-state index in [-0.39, 0.29) is 6.04 Å². The molecule has 114 valence electrons. The fourth-order valence-corrected chi connectivity index (χ4v) is 2.60. The summed E-state index contributed by atoms with van der Waals surface area (Å²) in [5.41, 5.74) is 0.973. The maximum absolute atomic E-state index is 10.4. The number of hydrogen-bond acceptors (Lipinski definition) is 3. The van der Waals surface area contributed by atoms with E-state index in [1.165, 1.54) is 6.42 Å². The Labute approximate surface area is 127 Å². The largest absolute Gasteiger partial charge is 0.507 e. The number of benzene rings is 2. The first-order valence-electron chi connectivity index (χ1n) is 7.68. The summed E-state index contributed by atoms with van der Waals surface area (Å²) in [6.07, 6.45) is 2.34. The van der Waals surface area contributed by atoms with Gasteiger partial charge in [0.05, 0.1) is 0 Å². The fourth-order valence-electron chi connectivity index (χ4n) is 2.60. The molecule has 0 aliphatic heterocycles. The lowest BCUT2D eigenvalue weighted by Crippen LogP contribution is -2.21. The molecule has 2 aromatic rings. The zero-order valence-corrected chi connectivity index (χ0v) is 13.3. The lowest BCUT2D eigenvalue weighted by molar-refractivity contribution is 0.388. The lowest BCUT2D eigenvalue weighted by Gasteiger charge is -2.17. The molecule has 0 aromatic heterocycles. The van der Waals surface area contributed by atoms with E-state index < -0.39 is 0 Å². The predicted molar refractivity (Wildman–Crippen MR) is 89.8 cm³/mol. The molecule has 2 N–H and O–H groups in total. The fraction of sp³-hybridized carbons (Fsp3) is 0.444. The average Bonchev–Trinajstić information content (AvgIpc) is 2.47. The van der Waals surface area contributed by atoms with Crippen LogP contribution in [-0.4, -0.2) is 37.2 Å². The third-order valence-corrected chi connectivity index (χ3v) is 3.88. The molecule has 2 aromatic carbocycles. The summed E-state index contributed by atoms with van der Waals surface area (Å²) in [6.45, 7) is 4.20. The first-order chi connectivity index (χ1) is 10.1. The highest BCUT2D eigenvalue weighted by molar-refractivity contribution is 5.89. The first-order valence-corrected chi connectivity index (χ1v) is 7.68. The second-order valence-corrected chi connectivity index (χ2v) is 5.91. The third kappa shape index (κ3) is 4.19. The Morgan fingerprint density at radius 2 is 1.86 bits per heavy atom. The molecule has 2 rings (SSSR count). The molecule has 1 atom stereocenters. The minimum atomic E-state index is 0.161. The molecule has 0 saturated carbocycles. The summed E-state index contributed by atoms with van der Waals surface area (Å²) < 4.78 is 0. The molecule has 0 spiro atoms. The maximum atomic E-state index is 10.4. The number of hydrogen-bond donors (Lipinski definition) is 2. The SMILES string of the molecule is CC(NCCCCN(C)C)c1ccc2ccccc2c1O. The average molecular weight is 286 g/mol. The highest BCUT2D eigenvalue weighted by Crippen LogP contribution is 2.32. The van der Waals surface area contributed by atoms with Gasteiger partial charge in [-0.25, -0.2) is 0 Å². The second-order valence-electron chi connectivity index (χ2n) is 5.91. The van der Waals surface area contributed by atoms with E-state index in [0.29, 0.717) is 5.75 Å². The number of fused-ring (bicyclic) bond motifs is 1. The van der Waals surface area contributed by atoms with Gasteiger partial charge in [-0.05, 0) is 52.3 Å². The van der Waals surface area contributed by atoms with Crippen LogP contribution in [0.15, 0.2) is 36.4 Å². The molecule has 0 fully saturated rings. The van der Waals surface area contributed by atoms with Gasteiger partial charge in [0.25, 0.3) is 0 Å². The van der Waals surface area contributed by atoms with Crippen molar-refractivity contribution in [2.24, 2.45) is 0 Å². The Balaban J connectivity index is 1.96. The van der Waals surface area contributed by atoms with Crippen LogP contribution < -0.4 is 5.32 Å². The van der Waals surface area contributed by atoms with E-state index in [2.05, 4.69) is 37.3 Å². The van der Waals surface area contributed by atoms with Crippen LogP contribution >= 0.6 is 0 Å². The Morgan fingerprint density at radius 3 is 2.62 bits per heavy atom. The van der Waals surface area contributed by atoms with Gasteiger partial charge in [-0.15, -0.1) is 0 Å². The monoisotopic (exact) mass is 286 g/mol. The van der Waals surface area contributed by atoms with Crippen molar-refractivity contribution in [2.75, 3.05) is 27.2 Å². The van der Waals surface area contributed by atoms with Crippen molar-refractivity contribution in [1.82, 2.24) is 10.2 Å². The van der Waals surface area contributed by atoms with Crippen LogP contribution in [-0.2, 0) is 0 Å². The summed E-state index contributed by atoms with van der Waals surface area (Å²) in [5, 5.41) is 16.0. The standard InChI is InChI=1S/C18H26N2O/c1-14(19-12-6-7-13-20(2)3)16-11-10-15-8-4-5-9-17(15)18(16)21/h4-5,8-11,14,19,21H,6-7,12-13H2,1-3H3. The Morgan fingerprint density at radius 1 is 1.10 bits per heavy atom. The van der Waals surface area contributed by atoms with Crippen LogP contribution in [0.1, 0.15) is 31.4 Å². The van der Waals surface area contributed by atoms with Crippen molar-refractivity contribution in [3.05, 3.63) is 42.0 Å². The molecule has 0 saturated heterocycles. The number of aromatic hydroxyl groups is 1. The molecule has 0 amide bonds. The molecular formula is C18H26N2O.